The lowest BCUT2D eigenvalue weighted by molar-refractivity contribution is 0.112. The summed E-state index contributed by atoms with van der Waals surface area (Å²) in [6, 6.07) is 3.54. The van der Waals surface area contributed by atoms with Crippen molar-refractivity contribution in [3.8, 4) is 36.2 Å². The molecule has 0 aromatic heterocycles. The smallest absolute Gasteiger partial charge is 0.150 e. The van der Waals surface area contributed by atoms with Crippen molar-refractivity contribution in [2.24, 2.45) is 5.73 Å². The van der Waals surface area contributed by atoms with Crippen molar-refractivity contribution in [3.05, 3.63) is 23.3 Å². The van der Waals surface area contributed by atoms with Crippen molar-refractivity contribution < 1.29 is 14.3 Å². The Hall–Kier alpha value is -2.43. The molecule has 0 fully saturated rings. The maximum absolute atomic E-state index is 11.3. The monoisotopic (exact) mass is 355 g/mol. The van der Waals surface area contributed by atoms with E-state index >= 15 is 0 Å². The predicted molar refractivity (Wildman–Crippen MR) is 106 cm³/mol. The Morgan fingerprint density at radius 1 is 0.923 bits per heavy atom. The second kappa shape index (κ2) is 13.8. The van der Waals surface area contributed by atoms with E-state index in [4.69, 9.17) is 28.1 Å². The van der Waals surface area contributed by atoms with Gasteiger partial charge < -0.3 is 15.2 Å². The molecule has 140 valence electrons. The zero-order valence-corrected chi connectivity index (χ0v) is 15.5. The van der Waals surface area contributed by atoms with E-state index in [1.807, 2.05) is 0 Å². The number of hydrogen-bond donors (Lipinski definition) is 1. The lowest BCUT2D eigenvalue weighted by Crippen LogP contribution is -2.08. The summed E-state index contributed by atoms with van der Waals surface area (Å²) in [6.07, 6.45) is 18.0. The number of terminal acetylenes is 2. The molecule has 26 heavy (non-hydrogen) atoms. The molecule has 4 nitrogen and oxygen atoms in total. The number of carbonyl (C=O) groups is 1. The lowest BCUT2D eigenvalue weighted by atomic mass is 10.0. The number of rotatable bonds is 14. The molecule has 0 atom stereocenters. The maximum atomic E-state index is 11.3. The molecule has 1 aromatic rings. The number of aldehydes is 1. The predicted octanol–water partition coefficient (Wildman–Crippen LogP) is 3.76. The van der Waals surface area contributed by atoms with Crippen molar-refractivity contribution in [2.75, 3.05) is 19.8 Å². The SMILES string of the molecule is C#CCCCCOc1cc(C=O)cc(OCCCCC#C)c1CCCN. The average Bonchev–Trinajstić information content (AvgIpc) is 2.66. The van der Waals surface area contributed by atoms with Crippen LogP contribution in [0.15, 0.2) is 12.1 Å². The summed E-state index contributed by atoms with van der Waals surface area (Å²) in [5.41, 5.74) is 7.18. The molecule has 0 saturated heterocycles. The van der Waals surface area contributed by atoms with E-state index in [0.717, 1.165) is 63.2 Å². The van der Waals surface area contributed by atoms with Gasteiger partial charge in [-0.15, -0.1) is 24.7 Å². The van der Waals surface area contributed by atoms with Crippen LogP contribution in [0.25, 0.3) is 0 Å². The highest BCUT2D eigenvalue weighted by molar-refractivity contribution is 5.77. The molecular formula is C22H29NO3. The van der Waals surface area contributed by atoms with Crippen LogP contribution in [-0.4, -0.2) is 26.0 Å². The molecule has 0 aliphatic heterocycles. The molecule has 0 aliphatic rings. The minimum atomic E-state index is 0.541. The van der Waals surface area contributed by atoms with Crippen LogP contribution in [0.2, 0.25) is 0 Å². The third kappa shape index (κ3) is 8.10. The van der Waals surface area contributed by atoms with Crippen molar-refractivity contribution >= 4 is 6.29 Å². The van der Waals surface area contributed by atoms with Gasteiger partial charge in [0, 0.05) is 24.0 Å². The topological polar surface area (TPSA) is 61.5 Å². The van der Waals surface area contributed by atoms with Crippen LogP contribution >= 0.6 is 0 Å². The molecular weight excluding hydrogens is 326 g/mol. The first-order chi connectivity index (χ1) is 12.8. The molecule has 0 bridgehead atoms. The summed E-state index contributed by atoms with van der Waals surface area (Å²) in [4.78, 5) is 11.3. The molecule has 0 unspecified atom stereocenters. The first kappa shape index (κ1) is 21.6. The second-order valence-electron chi connectivity index (χ2n) is 6.03. The second-order valence-corrected chi connectivity index (χ2v) is 6.03. The molecule has 1 aromatic carbocycles. The minimum absolute atomic E-state index is 0.541. The van der Waals surface area contributed by atoms with Crippen LogP contribution in [0.3, 0.4) is 0 Å². The standard InChI is InChI=1S/C22H29NO3/c1-3-5-7-9-14-25-21-16-19(18-24)17-22(20(21)12-11-13-23)26-15-10-8-6-4-2/h1-2,16-18H,5-15,23H2. The molecule has 2 N–H and O–H groups in total. The van der Waals surface area contributed by atoms with Crippen LogP contribution < -0.4 is 15.2 Å². The fourth-order valence-electron chi connectivity index (χ4n) is 2.51. The maximum Gasteiger partial charge on any atom is 0.150 e. The minimum Gasteiger partial charge on any atom is -0.493 e. The van der Waals surface area contributed by atoms with Gasteiger partial charge in [0.2, 0.25) is 0 Å². The Balaban J connectivity index is 2.86. The van der Waals surface area contributed by atoms with Gasteiger partial charge >= 0.3 is 0 Å². The van der Waals surface area contributed by atoms with Crippen LogP contribution in [0.4, 0.5) is 0 Å². The Morgan fingerprint density at radius 2 is 1.46 bits per heavy atom. The summed E-state index contributed by atoms with van der Waals surface area (Å²) in [7, 11) is 0. The van der Waals surface area contributed by atoms with Gasteiger partial charge in [-0.2, -0.15) is 0 Å². The summed E-state index contributed by atoms with van der Waals surface area (Å²) in [5, 5.41) is 0. The number of unbranched alkanes of at least 4 members (excludes halogenated alkanes) is 4. The largest absolute Gasteiger partial charge is 0.493 e. The van der Waals surface area contributed by atoms with Crippen molar-refractivity contribution in [3.63, 3.8) is 0 Å². The Labute approximate surface area is 157 Å². The van der Waals surface area contributed by atoms with E-state index in [-0.39, 0.29) is 0 Å². The molecule has 0 spiro atoms. The number of hydrogen-bond acceptors (Lipinski definition) is 4. The molecule has 4 heteroatoms. The zero-order valence-electron chi connectivity index (χ0n) is 15.5. The van der Waals surface area contributed by atoms with Gasteiger partial charge in [0.15, 0.2) is 0 Å². The van der Waals surface area contributed by atoms with Gasteiger partial charge in [-0.1, -0.05) is 0 Å². The van der Waals surface area contributed by atoms with Gasteiger partial charge in [0.1, 0.15) is 17.8 Å². The van der Waals surface area contributed by atoms with Crippen LogP contribution in [0, 0.1) is 24.7 Å². The summed E-state index contributed by atoms with van der Waals surface area (Å²) < 4.78 is 11.9. The molecule has 1 rings (SSSR count). The van der Waals surface area contributed by atoms with Crippen molar-refractivity contribution in [1.82, 2.24) is 0 Å². The van der Waals surface area contributed by atoms with Gasteiger partial charge in [-0.05, 0) is 57.2 Å². The van der Waals surface area contributed by atoms with E-state index < -0.39 is 0 Å². The summed E-state index contributed by atoms with van der Waals surface area (Å²) in [6.45, 7) is 1.70. The Morgan fingerprint density at radius 3 is 1.88 bits per heavy atom. The highest BCUT2D eigenvalue weighted by atomic mass is 16.5. The van der Waals surface area contributed by atoms with E-state index in [1.54, 1.807) is 12.1 Å². The van der Waals surface area contributed by atoms with E-state index in [2.05, 4.69) is 11.8 Å². The van der Waals surface area contributed by atoms with Crippen molar-refractivity contribution in [1.29, 1.82) is 0 Å². The van der Waals surface area contributed by atoms with E-state index in [9.17, 15) is 4.79 Å². The summed E-state index contributed by atoms with van der Waals surface area (Å²) in [5.74, 6) is 6.64. The van der Waals surface area contributed by atoms with Crippen LogP contribution in [-0.2, 0) is 6.42 Å². The summed E-state index contributed by atoms with van der Waals surface area (Å²) >= 11 is 0. The first-order valence-corrected chi connectivity index (χ1v) is 9.21. The molecule has 0 amide bonds. The highest BCUT2D eigenvalue weighted by Gasteiger charge is 2.13. The lowest BCUT2D eigenvalue weighted by Gasteiger charge is -2.17. The molecule has 0 aliphatic carbocycles. The number of nitrogens with two attached hydrogens (primary N) is 1. The van der Waals surface area contributed by atoms with Crippen LogP contribution in [0.5, 0.6) is 11.5 Å². The third-order valence-electron chi connectivity index (χ3n) is 3.90. The highest BCUT2D eigenvalue weighted by Crippen LogP contribution is 2.32. The fourth-order valence-corrected chi connectivity index (χ4v) is 2.51. The van der Waals surface area contributed by atoms with Crippen LogP contribution in [0.1, 0.15) is 60.9 Å². The average molecular weight is 355 g/mol. The van der Waals surface area contributed by atoms with Gasteiger partial charge in [0.25, 0.3) is 0 Å². The van der Waals surface area contributed by atoms with Gasteiger partial charge in [0.05, 0.1) is 13.2 Å². The quantitative estimate of drug-likeness (QED) is 0.314. The number of benzene rings is 1. The number of carbonyl (C=O) groups excluding carboxylic acids is 1. The van der Waals surface area contributed by atoms with E-state index in [0.29, 0.717) is 36.8 Å². The fraction of sp³-hybridized carbons (Fsp3) is 0.500. The molecule has 0 saturated carbocycles. The molecule has 0 heterocycles. The normalized spacial score (nSPS) is 9.96. The molecule has 0 radical (unpaired) electrons. The number of ether oxygens (including phenoxy) is 2. The zero-order chi connectivity index (χ0) is 19.0. The Kier molecular flexibility index (Phi) is 11.5. The van der Waals surface area contributed by atoms with Crippen molar-refractivity contribution in [2.45, 2.75) is 51.4 Å². The van der Waals surface area contributed by atoms with E-state index in [1.165, 1.54) is 0 Å². The Bertz CT molecular complexity index is 580. The first-order valence-electron chi connectivity index (χ1n) is 9.21. The third-order valence-corrected chi connectivity index (χ3v) is 3.90. The van der Waals surface area contributed by atoms with Gasteiger partial charge in [-0.25, -0.2) is 0 Å². The van der Waals surface area contributed by atoms with Gasteiger partial charge in [-0.3, -0.25) is 4.79 Å².